The van der Waals surface area contributed by atoms with E-state index in [0.717, 1.165) is 12.1 Å². The summed E-state index contributed by atoms with van der Waals surface area (Å²) in [6.07, 6.45) is -7.26. The first-order valence-electron chi connectivity index (χ1n) is 5.13. The maximum atomic E-state index is 13.5. The van der Waals surface area contributed by atoms with Crippen molar-refractivity contribution < 1.29 is 27.0 Å². The number of hydrogen-bond acceptors (Lipinski definition) is 2. The molecule has 0 bridgehead atoms. The molecule has 18 heavy (non-hydrogen) atoms. The van der Waals surface area contributed by atoms with E-state index in [1.807, 2.05) is 0 Å². The highest BCUT2D eigenvalue weighted by molar-refractivity contribution is 9.10. The quantitative estimate of drug-likeness (QED) is 0.622. The molecule has 0 saturated carbocycles. The Bertz CT molecular complexity index is 432. The largest absolute Gasteiger partial charge is 0.418 e. The van der Waals surface area contributed by atoms with Gasteiger partial charge in [-0.2, -0.15) is 13.2 Å². The summed E-state index contributed by atoms with van der Waals surface area (Å²) >= 11 is 3.01. The number of halogens is 5. The van der Waals surface area contributed by atoms with Crippen LogP contribution in [0.3, 0.4) is 0 Å². The minimum absolute atomic E-state index is 0.198. The molecule has 0 aliphatic carbocycles. The predicted molar refractivity (Wildman–Crippen MR) is 58.6 cm³/mol. The lowest BCUT2D eigenvalue weighted by Crippen LogP contribution is -2.26. The Hall–Kier alpha value is -0.660. The molecule has 0 radical (unpaired) electrons. The van der Waals surface area contributed by atoms with Crippen LogP contribution in [0.2, 0.25) is 0 Å². The third-order valence-electron chi connectivity index (χ3n) is 2.39. The highest BCUT2D eigenvalue weighted by atomic mass is 79.9. The van der Waals surface area contributed by atoms with Crippen molar-refractivity contribution in [2.75, 3.05) is 13.2 Å². The van der Waals surface area contributed by atoms with Crippen LogP contribution in [0.4, 0.5) is 17.6 Å². The Morgan fingerprint density at radius 1 is 1.44 bits per heavy atom. The van der Waals surface area contributed by atoms with Crippen LogP contribution in [0.15, 0.2) is 22.7 Å². The second-order valence-electron chi connectivity index (χ2n) is 3.88. The average molecular weight is 329 g/mol. The third-order valence-corrected chi connectivity index (χ3v) is 2.88. The SMILES string of the molecule is Fc1ccc(Br)cc1[C@@H](OC[C@H]1CO1)C(F)(F)F. The third kappa shape index (κ3) is 3.43. The van der Waals surface area contributed by atoms with Gasteiger partial charge in [0.05, 0.1) is 13.2 Å². The molecule has 7 heteroatoms. The molecule has 1 heterocycles. The summed E-state index contributed by atoms with van der Waals surface area (Å²) in [6.45, 7) is 0.182. The van der Waals surface area contributed by atoms with Gasteiger partial charge in [-0.15, -0.1) is 0 Å². The maximum absolute atomic E-state index is 13.5. The normalized spacial score (nSPS) is 20.8. The molecular weight excluding hydrogens is 320 g/mol. The molecule has 0 unspecified atom stereocenters. The topological polar surface area (TPSA) is 21.8 Å². The van der Waals surface area contributed by atoms with Crippen molar-refractivity contribution in [2.24, 2.45) is 0 Å². The summed E-state index contributed by atoms with van der Waals surface area (Å²) < 4.78 is 61.8. The van der Waals surface area contributed by atoms with Crippen LogP contribution in [-0.4, -0.2) is 25.5 Å². The van der Waals surface area contributed by atoms with Gasteiger partial charge in [-0.1, -0.05) is 15.9 Å². The maximum Gasteiger partial charge on any atom is 0.418 e. The van der Waals surface area contributed by atoms with Crippen LogP contribution in [-0.2, 0) is 9.47 Å². The zero-order valence-corrected chi connectivity index (χ0v) is 10.6. The summed E-state index contributed by atoms with van der Waals surface area (Å²) in [7, 11) is 0. The monoisotopic (exact) mass is 328 g/mol. The van der Waals surface area contributed by atoms with Crippen LogP contribution in [0, 0.1) is 5.82 Å². The molecule has 0 N–H and O–H groups in total. The van der Waals surface area contributed by atoms with E-state index in [1.165, 1.54) is 6.07 Å². The van der Waals surface area contributed by atoms with E-state index in [1.54, 1.807) is 0 Å². The molecule has 0 aromatic heterocycles. The van der Waals surface area contributed by atoms with Crippen molar-refractivity contribution in [1.29, 1.82) is 0 Å². The highest BCUT2D eigenvalue weighted by Gasteiger charge is 2.44. The van der Waals surface area contributed by atoms with Crippen LogP contribution in [0.1, 0.15) is 11.7 Å². The lowest BCUT2D eigenvalue weighted by atomic mass is 10.1. The van der Waals surface area contributed by atoms with Crippen LogP contribution in [0.25, 0.3) is 0 Å². The summed E-state index contributed by atoms with van der Waals surface area (Å²) in [5.41, 5.74) is -0.530. The van der Waals surface area contributed by atoms with Gasteiger partial charge in [-0.05, 0) is 18.2 Å². The van der Waals surface area contributed by atoms with Crippen molar-refractivity contribution in [3.63, 3.8) is 0 Å². The molecule has 1 aromatic rings. The molecule has 1 fully saturated rings. The lowest BCUT2D eigenvalue weighted by Gasteiger charge is -2.21. The first-order valence-corrected chi connectivity index (χ1v) is 5.92. The fourth-order valence-corrected chi connectivity index (χ4v) is 1.82. The standard InChI is InChI=1S/C11H9BrF4O2/c12-6-1-2-9(13)8(3-6)10(11(14,15)16)18-5-7-4-17-7/h1-3,7,10H,4-5H2/t7-,10-/m1/s1. The highest BCUT2D eigenvalue weighted by Crippen LogP contribution is 2.38. The smallest absolute Gasteiger partial charge is 0.371 e. The number of epoxide rings is 1. The number of rotatable bonds is 4. The van der Waals surface area contributed by atoms with Crippen molar-refractivity contribution in [3.05, 3.63) is 34.1 Å². The Morgan fingerprint density at radius 2 is 2.11 bits per heavy atom. The van der Waals surface area contributed by atoms with E-state index >= 15 is 0 Å². The number of hydrogen-bond donors (Lipinski definition) is 0. The molecule has 0 amide bonds. The summed E-state index contributed by atoms with van der Waals surface area (Å²) in [5, 5.41) is 0. The number of ether oxygens (including phenoxy) is 2. The van der Waals surface area contributed by atoms with Gasteiger partial charge < -0.3 is 9.47 Å². The van der Waals surface area contributed by atoms with Gasteiger partial charge in [-0.3, -0.25) is 0 Å². The second-order valence-corrected chi connectivity index (χ2v) is 4.79. The Labute approximate surface area is 109 Å². The van der Waals surface area contributed by atoms with Gasteiger partial charge in [0.15, 0.2) is 6.10 Å². The number of benzene rings is 1. The summed E-state index contributed by atoms with van der Waals surface area (Å²) in [4.78, 5) is 0. The molecule has 2 rings (SSSR count). The van der Waals surface area contributed by atoms with Crippen molar-refractivity contribution in [2.45, 2.75) is 18.4 Å². The van der Waals surface area contributed by atoms with E-state index in [-0.39, 0.29) is 12.7 Å². The van der Waals surface area contributed by atoms with Crippen molar-refractivity contribution in [1.82, 2.24) is 0 Å². The lowest BCUT2D eigenvalue weighted by molar-refractivity contribution is -0.225. The van der Waals surface area contributed by atoms with Crippen molar-refractivity contribution >= 4 is 15.9 Å². The van der Waals surface area contributed by atoms with Gasteiger partial charge in [-0.25, -0.2) is 4.39 Å². The molecule has 1 aromatic carbocycles. The molecule has 1 aliphatic rings. The minimum atomic E-state index is -4.67. The van der Waals surface area contributed by atoms with Crippen molar-refractivity contribution in [3.8, 4) is 0 Å². The van der Waals surface area contributed by atoms with Gasteiger partial charge in [0.1, 0.15) is 11.9 Å². The molecule has 2 nitrogen and oxygen atoms in total. The van der Waals surface area contributed by atoms with Crippen LogP contribution < -0.4 is 0 Å². The average Bonchev–Trinajstić information content (AvgIpc) is 3.05. The summed E-state index contributed by atoms with van der Waals surface area (Å²) in [6, 6.07) is 3.37. The zero-order chi connectivity index (χ0) is 13.3. The second kappa shape index (κ2) is 5.14. The fraction of sp³-hybridized carbons (Fsp3) is 0.455. The Kier molecular flexibility index (Phi) is 3.93. The van der Waals surface area contributed by atoms with E-state index in [9.17, 15) is 17.6 Å². The van der Waals surface area contributed by atoms with E-state index in [2.05, 4.69) is 15.9 Å². The van der Waals surface area contributed by atoms with E-state index < -0.39 is 23.7 Å². The summed E-state index contributed by atoms with van der Waals surface area (Å²) in [5.74, 6) is -0.947. The molecule has 2 atom stereocenters. The molecular formula is C11H9BrF4O2. The molecule has 0 spiro atoms. The van der Waals surface area contributed by atoms with E-state index in [4.69, 9.17) is 9.47 Å². The van der Waals surface area contributed by atoms with Gasteiger partial charge in [0.2, 0.25) is 0 Å². The molecule has 1 aliphatic heterocycles. The predicted octanol–water partition coefficient (Wildman–Crippen LogP) is 3.61. The Balaban J connectivity index is 2.23. The van der Waals surface area contributed by atoms with Gasteiger partial charge >= 0.3 is 6.18 Å². The van der Waals surface area contributed by atoms with Crippen LogP contribution >= 0.6 is 15.9 Å². The minimum Gasteiger partial charge on any atom is -0.371 e. The van der Waals surface area contributed by atoms with Gasteiger partial charge in [0, 0.05) is 10.0 Å². The van der Waals surface area contributed by atoms with Gasteiger partial charge in [0.25, 0.3) is 0 Å². The first-order chi connectivity index (χ1) is 8.38. The zero-order valence-electron chi connectivity index (χ0n) is 9.01. The number of alkyl halides is 3. The van der Waals surface area contributed by atoms with E-state index in [0.29, 0.717) is 11.1 Å². The molecule has 1 saturated heterocycles. The fourth-order valence-electron chi connectivity index (χ4n) is 1.44. The first kappa shape index (κ1) is 13.8. The molecule has 100 valence electrons. The van der Waals surface area contributed by atoms with Crippen LogP contribution in [0.5, 0.6) is 0 Å². The Morgan fingerprint density at radius 3 is 2.67 bits per heavy atom.